The van der Waals surface area contributed by atoms with Gasteiger partial charge in [-0.05, 0) is 6.07 Å². The summed E-state index contributed by atoms with van der Waals surface area (Å²) in [4.78, 5) is 0. The fourth-order valence-electron chi connectivity index (χ4n) is 0.840. The summed E-state index contributed by atoms with van der Waals surface area (Å²) in [5.74, 6) is -3.14. The van der Waals surface area contributed by atoms with E-state index in [4.69, 9.17) is 0 Å². The molecule has 0 aliphatic rings. The van der Waals surface area contributed by atoms with E-state index >= 15 is 0 Å². The van der Waals surface area contributed by atoms with Crippen molar-refractivity contribution in [3.05, 3.63) is 35.3 Å². The van der Waals surface area contributed by atoms with Crippen molar-refractivity contribution in [2.75, 3.05) is 6.54 Å². The van der Waals surface area contributed by atoms with Gasteiger partial charge in [-0.15, -0.1) is 0 Å². The van der Waals surface area contributed by atoms with E-state index in [1.807, 2.05) is 0 Å². The number of alkyl halides is 2. The molecule has 0 amide bonds. The first kappa shape index (κ1) is 8.86. The Morgan fingerprint density at radius 3 is 2.67 bits per heavy atom. The predicted octanol–water partition coefficient (Wildman–Crippen LogP) is -0.346. The van der Waals surface area contributed by atoms with Crippen molar-refractivity contribution in [1.82, 2.24) is 0 Å². The molecule has 0 saturated carbocycles. The molecule has 3 nitrogen and oxygen atoms in total. The molecule has 1 rings (SSSR count). The zero-order chi connectivity index (χ0) is 9.19. The maximum Gasteiger partial charge on any atom is 0.378 e. The molecule has 0 aliphatic heterocycles. The Labute approximate surface area is 68.0 Å². The average molecular weight is 175 g/mol. The number of rotatable bonds is 2. The summed E-state index contributed by atoms with van der Waals surface area (Å²) in [7, 11) is 0. The zero-order valence-electron chi connectivity index (χ0n) is 6.34. The average Bonchev–Trinajstić information content (AvgIpc) is 2.05. The molecule has 0 fully saturated rings. The quantitative estimate of drug-likeness (QED) is 0.485. The molecule has 0 bridgehead atoms. The van der Waals surface area contributed by atoms with Gasteiger partial charge in [-0.1, -0.05) is 0 Å². The highest BCUT2D eigenvalue weighted by atomic mass is 19.3. The lowest BCUT2D eigenvalue weighted by Crippen LogP contribution is -2.59. The summed E-state index contributed by atoms with van der Waals surface area (Å²) in [6, 6.07) is 3.89. The third kappa shape index (κ3) is 1.50. The monoisotopic (exact) mass is 175 g/mol. The van der Waals surface area contributed by atoms with E-state index in [0.29, 0.717) is 0 Å². The summed E-state index contributed by atoms with van der Waals surface area (Å²) < 4.78 is 25.9. The minimum absolute atomic E-state index is 0.158. The minimum Gasteiger partial charge on any atom is -0.618 e. The second kappa shape index (κ2) is 3.02. The molecule has 0 radical (unpaired) electrons. The van der Waals surface area contributed by atoms with E-state index in [0.717, 1.165) is 12.3 Å². The van der Waals surface area contributed by atoms with Gasteiger partial charge in [0, 0.05) is 12.1 Å². The van der Waals surface area contributed by atoms with E-state index in [9.17, 15) is 14.0 Å². The van der Waals surface area contributed by atoms with Gasteiger partial charge in [0.05, 0.1) is 0 Å². The van der Waals surface area contributed by atoms with Crippen LogP contribution in [0.4, 0.5) is 8.78 Å². The minimum atomic E-state index is -3.14. The summed E-state index contributed by atoms with van der Waals surface area (Å²) in [5.41, 5.74) is 2.52. The molecule has 3 N–H and O–H groups in total. The second-order valence-corrected chi connectivity index (χ2v) is 2.37. The normalized spacial score (nSPS) is 11.6. The van der Waals surface area contributed by atoms with E-state index in [1.165, 1.54) is 12.1 Å². The van der Waals surface area contributed by atoms with Gasteiger partial charge in [0.25, 0.3) is 5.69 Å². The van der Waals surface area contributed by atoms with E-state index in [2.05, 4.69) is 5.73 Å². The Morgan fingerprint density at radius 2 is 2.17 bits per heavy atom. The van der Waals surface area contributed by atoms with Gasteiger partial charge >= 0.3 is 5.92 Å². The zero-order valence-corrected chi connectivity index (χ0v) is 6.34. The molecule has 0 spiro atoms. The van der Waals surface area contributed by atoms with Crippen molar-refractivity contribution in [2.45, 2.75) is 5.92 Å². The summed E-state index contributed by atoms with van der Waals surface area (Å²) >= 11 is 0. The predicted molar refractivity (Wildman–Crippen MR) is 37.1 cm³/mol. The fourth-order valence-corrected chi connectivity index (χ4v) is 0.840. The van der Waals surface area contributed by atoms with Gasteiger partial charge in [0.1, 0.15) is 6.54 Å². The first-order valence-electron chi connectivity index (χ1n) is 3.43. The molecule has 0 aromatic carbocycles. The van der Waals surface area contributed by atoms with Crippen LogP contribution in [0.1, 0.15) is 5.69 Å². The van der Waals surface area contributed by atoms with Gasteiger partial charge in [0.15, 0.2) is 6.20 Å². The molecule has 0 atom stereocenters. The van der Waals surface area contributed by atoms with Crippen LogP contribution in [0.25, 0.3) is 0 Å². The van der Waals surface area contributed by atoms with E-state index < -0.39 is 18.2 Å². The van der Waals surface area contributed by atoms with E-state index in [-0.39, 0.29) is 4.73 Å². The Hall–Kier alpha value is -1.23. The number of pyridine rings is 1. The van der Waals surface area contributed by atoms with Crippen molar-refractivity contribution in [3.8, 4) is 0 Å². The smallest absolute Gasteiger partial charge is 0.378 e. The largest absolute Gasteiger partial charge is 0.618 e. The highest BCUT2D eigenvalue weighted by molar-refractivity contribution is 5.04. The van der Waals surface area contributed by atoms with Crippen molar-refractivity contribution < 1.29 is 19.2 Å². The van der Waals surface area contributed by atoms with Crippen molar-refractivity contribution in [2.24, 2.45) is 0 Å². The van der Waals surface area contributed by atoms with Gasteiger partial charge in [-0.25, -0.2) is 0 Å². The third-order valence-corrected chi connectivity index (χ3v) is 1.51. The lowest BCUT2D eigenvalue weighted by molar-refractivity contribution is -0.628. The van der Waals surface area contributed by atoms with Crippen LogP contribution in [0.3, 0.4) is 0 Å². The van der Waals surface area contributed by atoms with E-state index in [1.54, 1.807) is 0 Å². The number of halogens is 2. The number of nitrogens with zero attached hydrogens (tertiary/aromatic N) is 1. The van der Waals surface area contributed by atoms with Crippen LogP contribution < -0.4 is 10.5 Å². The molecule has 0 unspecified atom stereocenters. The topological polar surface area (TPSA) is 54.6 Å². The van der Waals surface area contributed by atoms with Crippen molar-refractivity contribution >= 4 is 0 Å². The number of hydrogen-bond donors (Lipinski definition) is 1. The number of hydrogen-bond acceptors (Lipinski definition) is 1. The molecule has 66 valence electrons. The Balaban J connectivity index is 3.10. The molecular formula is C7H9F2N2O+. The Bertz CT molecular complexity index is 278. The first-order valence-corrected chi connectivity index (χ1v) is 3.43. The van der Waals surface area contributed by atoms with Gasteiger partial charge in [-0.2, -0.15) is 13.5 Å². The lowest BCUT2D eigenvalue weighted by Gasteiger charge is -2.10. The number of quaternary nitrogens is 1. The van der Waals surface area contributed by atoms with Crippen LogP contribution in [0, 0.1) is 5.21 Å². The number of aromatic nitrogens is 1. The van der Waals surface area contributed by atoms with Gasteiger partial charge in [0.2, 0.25) is 0 Å². The van der Waals surface area contributed by atoms with Crippen LogP contribution in [0.5, 0.6) is 0 Å². The lowest BCUT2D eigenvalue weighted by atomic mass is 10.2. The first-order chi connectivity index (χ1) is 5.58. The Kier molecular flexibility index (Phi) is 2.23. The van der Waals surface area contributed by atoms with Crippen LogP contribution >= 0.6 is 0 Å². The molecule has 1 aromatic rings. The SMILES string of the molecule is [NH3+]CC(F)(F)c1cccc[n+]1[O-]. The summed E-state index contributed by atoms with van der Waals surface area (Å²) in [6.07, 6.45) is 1.04. The van der Waals surface area contributed by atoms with Crippen LogP contribution in [-0.2, 0) is 5.92 Å². The highest BCUT2D eigenvalue weighted by Crippen LogP contribution is 2.21. The molecule has 5 heteroatoms. The highest BCUT2D eigenvalue weighted by Gasteiger charge is 2.39. The molecular weight excluding hydrogens is 166 g/mol. The van der Waals surface area contributed by atoms with Gasteiger partial charge in [-0.3, -0.25) is 0 Å². The molecule has 1 aromatic heterocycles. The van der Waals surface area contributed by atoms with Crippen LogP contribution in [0.2, 0.25) is 0 Å². The second-order valence-electron chi connectivity index (χ2n) is 2.37. The Morgan fingerprint density at radius 1 is 1.50 bits per heavy atom. The van der Waals surface area contributed by atoms with Crippen LogP contribution in [-0.4, -0.2) is 6.54 Å². The molecule has 0 saturated heterocycles. The molecule has 1 heterocycles. The standard InChI is InChI=1S/C7H8F2N2O/c8-7(9,5-10)6-3-1-2-4-11(6)12/h1-4H,5,10H2/p+1. The summed E-state index contributed by atoms with van der Waals surface area (Å²) in [5, 5.41) is 10.8. The van der Waals surface area contributed by atoms with Gasteiger partial charge < -0.3 is 10.9 Å². The third-order valence-electron chi connectivity index (χ3n) is 1.51. The van der Waals surface area contributed by atoms with Crippen molar-refractivity contribution in [3.63, 3.8) is 0 Å². The molecule has 12 heavy (non-hydrogen) atoms. The maximum absolute atomic E-state index is 12.9. The van der Waals surface area contributed by atoms with Crippen LogP contribution in [0.15, 0.2) is 24.4 Å². The summed E-state index contributed by atoms with van der Waals surface area (Å²) in [6.45, 7) is -0.612. The van der Waals surface area contributed by atoms with Crippen molar-refractivity contribution in [1.29, 1.82) is 0 Å². The maximum atomic E-state index is 12.9. The fraction of sp³-hybridized carbons (Fsp3) is 0.286. The molecule has 0 aliphatic carbocycles.